The number of rotatable bonds is 5. The Morgan fingerprint density at radius 2 is 1.89 bits per heavy atom. The van der Waals surface area contributed by atoms with Gasteiger partial charge in [-0.05, 0) is 13.3 Å². The number of carbonyl (C=O) groups is 1. The zero-order chi connectivity index (χ0) is 19.8. The molecule has 4 bridgehead atoms. The number of carbonyl (C=O) groups excluding carboxylic acids is 1. The van der Waals surface area contributed by atoms with Crippen LogP contribution >= 0.6 is 0 Å². The second-order valence-electron chi connectivity index (χ2n) is 8.16. The fourth-order valence-corrected chi connectivity index (χ4v) is 5.57. The Morgan fingerprint density at radius 3 is 2.48 bits per heavy atom. The Labute approximate surface area is 155 Å². The van der Waals surface area contributed by atoms with Gasteiger partial charge in [-0.25, -0.2) is 0 Å². The zero-order valence-corrected chi connectivity index (χ0v) is 15.1. The van der Waals surface area contributed by atoms with Crippen molar-refractivity contribution in [1.29, 1.82) is 0 Å². The predicted molar refractivity (Wildman–Crippen MR) is 85.1 cm³/mol. The molecule has 3 aliphatic carbocycles. The highest BCUT2D eigenvalue weighted by atomic mass is 16.8. The minimum atomic E-state index is -1.59. The number of Topliss-reactive ketones (excluding diaryl/α,β-unsaturated/α-hetero) is 1. The minimum Gasteiger partial charge on any atom is -0.395 e. The summed E-state index contributed by atoms with van der Waals surface area (Å²) >= 11 is 0. The molecule has 0 aromatic heterocycles. The number of ether oxygens (including phenoxy) is 4. The lowest BCUT2D eigenvalue weighted by Gasteiger charge is -2.66. The number of aliphatic hydroxyl groups is 5. The van der Waals surface area contributed by atoms with E-state index in [0.29, 0.717) is 0 Å². The van der Waals surface area contributed by atoms with Crippen molar-refractivity contribution in [3.05, 3.63) is 0 Å². The molecule has 154 valence electrons. The third-order valence-electron chi connectivity index (χ3n) is 7.05. The summed E-state index contributed by atoms with van der Waals surface area (Å²) < 4.78 is 23.0. The van der Waals surface area contributed by atoms with Gasteiger partial charge in [0.1, 0.15) is 41.4 Å². The Morgan fingerprint density at radius 1 is 1.19 bits per heavy atom. The number of ketones is 1. The smallest absolute Gasteiger partial charge is 0.187 e. The van der Waals surface area contributed by atoms with Gasteiger partial charge in [0, 0.05) is 19.4 Å². The fourth-order valence-electron chi connectivity index (χ4n) is 5.57. The van der Waals surface area contributed by atoms with Crippen molar-refractivity contribution >= 4 is 5.78 Å². The molecule has 0 amide bonds. The third kappa shape index (κ3) is 2.13. The van der Waals surface area contributed by atoms with Crippen LogP contribution in [0.1, 0.15) is 19.8 Å². The number of fused-ring (bicyclic) bond motifs is 1. The number of hydrogen-bond donors (Lipinski definition) is 5. The van der Waals surface area contributed by atoms with Crippen LogP contribution in [0.15, 0.2) is 0 Å². The first-order valence-corrected chi connectivity index (χ1v) is 9.04. The van der Waals surface area contributed by atoms with Gasteiger partial charge in [-0.3, -0.25) is 4.79 Å². The van der Waals surface area contributed by atoms with E-state index in [4.69, 9.17) is 18.9 Å². The van der Waals surface area contributed by atoms with Crippen LogP contribution in [-0.2, 0) is 23.7 Å². The number of hydrogen-bond acceptors (Lipinski definition) is 10. The molecule has 10 atom stereocenters. The molecule has 0 spiro atoms. The van der Waals surface area contributed by atoms with Gasteiger partial charge < -0.3 is 44.5 Å². The van der Waals surface area contributed by atoms with E-state index in [-0.39, 0.29) is 18.6 Å². The van der Waals surface area contributed by atoms with Gasteiger partial charge in [0.2, 0.25) is 0 Å². The van der Waals surface area contributed by atoms with E-state index in [0.717, 1.165) is 0 Å². The van der Waals surface area contributed by atoms with Crippen LogP contribution in [0.25, 0.3) is 0 Å². The molecule has 2 heterocycles. The monoisotopic (exact) mass is 390 g/mol. The number of aliphatic hydroxyl groups excluding tert-OH is 5. The molecule has 10 heteroatoms. The molecule has 2 saturated heterocycles. The molecular formula is C17H26O10. The summed E-state index contributed by atoms with van der Waals surface area (Å²) in [5.41, 5.74) is -3.48. The first-order valence-electron chi connectivity index (χ1n) is 9.04. The van der Waals surface area contributed by atoms with Crippen LogP contribution in [0.2, 0.25) is 0 Å². The molecule has 27 heavy (non-hydrogen) atoms. The molecule has 5 N–H and O–H groups in total. The minimum absolute atomic E-state index is 0.0506. The highest BCUT2D eigenvalue weighted by Crippen LogP contribution is 2.74. The molecule has 5 rings (SSSR count). The van der Waals surface area contributed by atoms with Gasteiger partial charge in [0.05, 0.1) is 18.6 Å². The summed E-state index contributed by atoms with van der Waals surface area (Å²) in [5, 5.41) is 50.0. The fraction of sp³-hybridized carbons (Fsp3) is 0.941. The summed E-state index contributed by atoms with van der Waals surface area (Å²) in [5.74, 6) is -0.571. The summed E-state index contributed by atoms with van der Waals surface area (Å²) in [4.78, 5) is 12.5. The van der Waals surface area contributed by atoms with Crippen LogP contribution in [0.3, 0.4) is 0 Å². The second kappa shape index (κ2) is 6.15. The Bertz CT molecular complexity index is 627. The van der Waals surface area contributed by atoms with Crippen molar-refractivity contribution in [2.45, 2.75) is 68.0 Å². The van der Waals surface area contributed by atoms with E-state index in [1.165, 1.54) is 7.11 Å². The zero-order valence-electron chi connectivity index (χ0n) is 15.1. The van der Waals surface area contributed by atoms with Crippen LogP contribution in [0.5, 0.6) is 0 Å². The third-order valence-corrected chi connectivity index (χ3v) is 7.05. The summed E-state index contributed by atoms with van der Waals surface area (Å²) in [6, 6.07) is 0. The Hall–Kier alpha value is -0.690. The van der Waals surface area contributed by atoms with E-state index >= 15 is 0 Å². The summed E-state index contributed by atoms with van der Waals surface area (Å²) in [7, 11) is 1.41. The SMILES string of the molecule is CO[C@H]1O[C@@]2(C)CC(=O)[C@@H]3C[C@@]2(O[C@@H]2O[C@H](CO)[C@@H](O)[C@H](O)[C@H]2O)[C@]13CO. The summed E-state index contributed by atoms with van der Waals surface area (Å²) in [6.07, 6.45) is -7.79. The van der Waals surface area contributed by atoms with Crippen molar-refractivity contribution in [1.82, 2.24) is 0 Å². The molecule has 0 aromatic rings. The van der Waals surface area contributed by atoms with Gasteiger partial charge >= 0.3 is 0 Å². The van der Waals surface area contributed by atoms with Crippen LogP contribution < -0.4 is 0 Å². The molecule has 2 aliphatic heterocycles. The van der Waals surface area contributed by atoms with Gasteiger partial charge in [0.15, 0.2) is 12.6 Å². The van der Waals surface area contributed by atoms with Crippen molar-refractivity contribution < 1.29 is 49.3 Å². The highest BCUT2D eigenvalue weighted by Gasteiger charge is 2.87. The average molecular weight is 390 g/mol. The second-order valence-corrected chi connectivity index (χ2v) is 8.16. The quantitative estimate of drug-likeness (QED) is 0.334. The molecule has 0 aromatic carbocycles. The van der Waals surface area contributed by atoms with Gasteiger partial charge in [-0.15, -0.1) is 0 Å². The van der Waals surface area contributed by atoms with Crippen LogP contribution in [0, 0.1) is 11.3 Å². The molecule has 5 fully saturated rings. The number of methoxy groups -OCH3 is 1. The predicted octanol–water partition coefficient (Wildman–Crippen LogP) is -2.73. The average Bonchev–Trinajstić information content (AvgIpc) is 2.71. The maximum Gasteiger partial charge on any atom is 0.187 e. The van der Waals surface area contributed by atoms with Crippen LogP contribution in [-0.4, -0.2) is 99.8 Å². The van der Waals surface area contributed by atoms with E-state index < -0.39 is 72.7 Å². The molecule has 0 radical (unpaired) electrons. The molecule has 3 saturated carbocycles. The first kappa shape index (κ1) is 19.6. The Balaban J connectivity index is 1.70. The van der Waals surface area contributed by atoms with Gasteiger partial charge in [-0.1, -0.05) is 0 Å². The molecule has 5 aliphatic rings. The normalized spacial score (nSPS) is 56.9. The van der Waals surface area contributed by atoms with Crippen molar-refractivity contribution in [2.24, 2.45) is 11.3 Å². The standard InChI is InChI=1S/C17H26O10/c1-15-4-8(20)7-3-17(15,16(7,6-19)14(24-2)27-15)26-13-12(23)11(22)10(21)9(5-18)25-13/h7,9-14,18-19,21-23H,3-6H2,1-2H3/t7-,9+,10+,11-,12+,13-,14-,15-,16-,17-/m0/s1. The Kier molecular flexibility index (Phi) is 4.47. The van der Waals surface area contributed by atoms with E-state index in [1.807, 2.05) is 0 Å². The first-order chi connectivity index (χ1) is 12.7. The van der Waals surface area contributed by atoms with Gasteiger partial charge in [-0.2, -0.15) is 0 Å². The van der Waals surface area contributed by atoms with E-state index in [1.54, 1.807) is 6.92 Å². The lowest BCUT2D eigenvalue weighted by Crippen LogP contribution is -2.80. The molecule has 0 unspecified atom stereocenters. The van der Waals surface area contributed by atoms with Crippen LogP contribution in [0.4, 0.5) is 0 Å². The highest BCUT2D eigenvalue weighted by molar-refractivity contribution is 5.88. The topological polar surface area (TPSA) is 155 Å². The van der Waals surface area contributed by atoms with Gasteiger partial charge in [0.25, 0.3) is 0 Å². The van der Waals surface area contributed by atoms with E-state index in [2.05, 4.69) is 0 Å². The van der Waals surface area contributed by atoms with Crippen molar-refractivity contribution in [3.63, 3.8) is 0 Å². The largest absolute Gasteiger partial charge is 0.395 e. The van der Waals surface area contributed by atoms with Crippen molar-refractivity contribution in [2.75, 3.05) is 20.3 Å². The van der Waals surface area contributed by atoms with Crippen molar-refractivity contribution in [3.8, 4) is 0 Å². The maximum absolute atomic E-state index is 12.5. The maximum atomic E-state index is 12.5. The summed E-state index contributed by atoms with van der Waals surface area (Å²) in [6.45, 7) is 0.668. The lowest BCUT2D eigenvalue weighted by molar-refractivity contribution is -0.382. The lowest BCUT2D eigenvalue weighted by atomic mass is 9.41. The van der Waals surface area contributed by atoms with E-state index in [9.17, 15) is 30.3 Å². The molecule has 10 nitrogen and oxygen atoms in total. The molecular weight excluding hydrogens is 364 g/mol.